The molecule has 0 aliphatic heterocycles. The maximum absolute atomic E-state index is 8.52. The summed E-state index contributed by atoms with van der Waals surface area (Å²) in [4.78, 5) is 0. The van der Waals surface area contributed by atoms with Crippen LogP contribution in [0.4, 0.5) is 0 Å². The number of halogens is 2. The maximum atomic E-state index is 8.52. The average Bonchev–Trinajstić information content (AvgIpc) is 1.25. The molecule has 0 rings (SSSR count). The molecule has 0 saturated carbocycles. The molecule has 0 fully saturated rings. The van der Waals surface area contributed by atoms with E-state index in [-0.39, 0.29) is 19.5 Å². The smallest absolute Gasteiger partial charge is 0.405 e. The van der Waals surface area contributed by atoms with Crippen molar-refractivity contribution >= 4 is 0 Å². The van der Waals surface area contributed by atoms with Gasteiger partial charge < -0.3 is 25.2 Å². The van der Waals surface area contributed by atoms with Crippen LogP contribution in [-0.4, -0.2) is 0 Å². The summed E-state index contributed by atoms with van der Waals surface area (Å²) >= 11 is -7.29. The van der Waals surface area contributed by atoms with Crippen LogP contribution in [0.5, 0.6) is 0 Å². The Balaban J connectivity index is -0.0000000720. The van der Waals surface area contributed by atoms with Crippen molar-refractivity contribution in [2.75, 3.05) is 0 Å². The maximum Gasteiger partial charge on any atom is 2.00 e. The molecule has 0 aromatic heterocycles. The van der Waals surface area contributed by atoms with Gasteiger partial charge >= 0.3 is 19.5 Å². The Morgan fingerprint density at radius 1 is 0.556 bits per heavy atom. The van der Waals surface area contributed by atoms with Crippen LogP contribution in [0.3, 0.4) is 0 Å². The van der Waals surface area contributed by atoms with Crippen molar-refractivity contribution in [3.8, 4) is 0 Å². The van der Waals surface area contributed by atoms with Gasteiger partial charge in [-0.1, -0.05) is 0 Å². The van der Waals surface area contributed by atoms with E-state index >= 15 is 0 Å². The van der Waals surface area contributed by atoms with Crippen molar-refractivity contribution < 1.29 is 74.3 Å². The summed E-state index contributed by atoms with van der Waals surface area (Å²) in [6.07, 6.45) is 0. The first-order valence-corrected chi connectivity index (χ1v) is 4.81. The quantitative estimate of drug-likeness (QED) is 0.406. The van der Waals surface area contributed by atoms with Crippen LogP contribution in [0.1, 0.15) is 0 Å². The van der Waals surface area contributed by atoms with Gasteiger partial charge in [0, 0.05) is 0 Å². The van der Waals surface area contributed by atoms with Gasteiger partial charge in [0.25, 0.3) is 0 Å². The molecule has 52 valence electrons. The largest absolute Gasteiger partial charge is 2.00 e. The first-order valence-electron chi connectivity index (χ1n) is 0.926. The molecule has 0 bridgehead atoms. The van der Waals surface area contributed by atoms with Crippen molar-refractivity contribution in [3.63, 3.8) is 0 Å². The van der Waals surface area contributed by atoms with Crippen LogP contribution in [0.2, 0.25) is 0 Å². The third-order valence-corrected chi connectivity index (χ3v) is 0. The molecule has 0 aliphatic rings. The van der Waals surface area contributed by atoms with E-state index in [0.717, 1.165) is 0 Å². The molecule has 0 radical (unpaired) electrons. The molecule has 0 N–H and O–H groups in total. The van der Waals surface area contributed by atoms with Crippen LogP contribution in [0, 0.1) is 29.6 Å². The number of hydrogen-bond donors (Lipinski definition) is 0. The van der Waals surface area contributed by atoms with Gasteiger partial charge in [-0.05, 0) is 0 Å². The molecule has 0 amide bonds. The molecule has 0 aliphatic carbocycles. The zero-order chi connectivity index (χ0) is 7.15. The molecule has 0 unspecified atom stereocenters. The Bertz CT molecular complexity index is 26.5. The Labute approximate surface area is 74.2 Å². The van der Waals surface area contributed by atoms with Crippen molar-refractivity contribution in [1.29, 1.82) is 0 Å². The monoisotopic (exact) mass is 318 g/mol. The molecule has 9 heteroatoms. The van der Waals surface area contributed by atoms with Gasteiger partial charge in [0.05, 0.1) is 0 Å². The van der Waals surface area contributed by atoms with Gasteiger partial charge in [0.15, 0.2) is 0 Å². The van der Waals surface area contributed by atoms with E-state index in [2.05, 4.69) is 0 Å². The van der Waals surface area contributed by atoms with E-state index in [0.29, 0.717) is 0 Å². The molecular weight excluding hydrogens is 321 g/mol. The second-order valence-corrected chi connectivity index (χ2v) is 1.96. The third-order valence-electron chi connectivity index (χ3n) is 0. The molecule has 0 atom stereocenters. The summed E-state index contributed by atoms with van der Waals surface area (Å²) in [5, 5.41) is 0. The Morgan fingerprint density at radius 2 is 0.556 bits per heavy atom. The van der Waals surface area contributed by atoms with Gasteiger partial charge in [0.1, 0.15) is 0 Å². The number of rotatable bonds is 0. The van der Waals surface area contributed by atoms with Crippen LogP contribution < -0.4 is 25.2 Å². The van der Waals surface area contributed by atoms with Crippen molar-refractivity contribution in [3.05, 3.63) is 0 Å². The minimum Gasteiger partial charge on any atom is -0.405 e. The zero-order valence-corrected chi connectivity index (χ0v) is 10.1. The SMILES string of the molecule is [O-][Br+2]([O-])[O-].[O-][Br+2]([O-])[O-].[Zn+2]. The Kier molecular flexibility index (Phi) is 22.4. The fourth-order valence-electron chi connectivity index (χ4n) is 0. The predicted molar refractivity (Wildman–Crippen MR) is 0 cm³/mol. The third kappa shape index (κ3) is 279. The van der Waals surface area contributed by atoms with Gasteiger partial charge in [0.2, 0.25) is 29.6 Å². The summed E-state index contributed by atoms with van der Waals surface area (Å²) in [6, 6.07) is 0. The molecule has 0 aromatic rings. The predicted octanol–water partition coefficient (Wildman–Crippen LogP) is -7.14. The second kappa shape index (κ2) is 12.1. The van der Waals surface area contributed by atoms with Crippen molar-refractivity contribution in [2.24, 2.45) is 0 Å². The summed E-state index contributed by atoms with van der Waals surface area (Å²) in [5.41, 5.74) is 0. The molecule has 0 saturated heterocycles. The molecule has 9 heavy (non-hydrogen) atoms. The Hall–Kier alpha value is 1.34. The second-order valence-electron chi connectivity index (χ2n) is 0.378. The molecule has 6 nitrogen and oxygen atoms in total. The fraction of sp³-hybridized carbons (Fsp3) is 0. The topological polar surface area (TPSA) is 138 Å². The van der Waals surface area contributed by atoms with Crippen LogP contribution >= 0.6 is 0 Å². The van der Waals surface area contributed by atoms with Gasteiger partial charge in [-0.2, -0.15) is 0 Å². The van der Waals surface area contributed by atoms with Gasteiger partial charge in [-0.25, -0.2) is 0 Å². The summed E-state index contributed by atoms with van der Waals surface area (Å²) in [5.74, 6) is 0. The van der Waals surface area contributed by atoms with Gasteiger partial charge in [-0.3, -0.25) is 0 Å². The molecular formula is Br2O6Zn. The van der Waals surface area contributed by atoms with Gasteiger partial charge in [-0.15, -0.1) is 0 Å². The van der Waals surface area contributed by atoms with E-state index < -0.39 is 29.6 Å². The Morgan fingerprint density at radius 3 is 0.556 bits per heavy atom. The van der Waals surface area contributed by atoms with Crippen LogP contribution in [0.15, 0.2) is 0 Å². The number of hydrogen-bond acceptors (Lipinski definition) is 6. The zero-order valence-electron chi connectivity index (χ0n) is 3.91. The molecule has 0 spiro atoms. The van der Waals surface area contributed by atoms with E-state index in [1.54, 1.807) is 0 Å². The average molecular weight is 321 g/mol. The first-order chi connectivity index (χ1) is 3.46. The molecule has 0 aromatic carbocycles. The summed E-state index contributed by atoms with van der Waals surface area (Å²) < 4.78 is 51.1. The fourth-order valence-corrected chi connectivity index (χ4v) is 0. The van der Waals surface area contributed by atoms with E-state index in [1.807, 2.05) is 0 Å². The van der Waals surface area contributed by atoms with Crippen LogP contribution in [0.25, 0.3) is 0 Å². The normalized spacial score (nSPS) is 8.00. The van der Waals surface area contributed by atoms with Crippen LogP contribution in [-0.2, 0) is 19.5 Å². The summed E-state index contributed by atoms with van der Waals surface area (Å²) in [6.45, 7) is 0. The first kappa shape index (κ1) is 16.7. The van der Waals surface area contributed by atoms with Crippen molar-refractivity contribution in [2.45, 2.75) is 0 Å². The molecule has 0 heterocycles. The summed E-state index contributed by atoms with van der Waals surface area (Å²) in [7, 11) is 0. The van der Waals surface area contributed by atoms with E-state index in [4.69, 9.17) is 25.2 Å². The minimum absolute atomic E-state index is 0. The standard InChI is InChI=1S/2BrO3.Zn/c2*2-1(3)4;/q2*-1;+2. The minimum atomic E-state index is -3.65. The van der Waals surface area contributed by atoms with Crippen molar-refractivity contribution in [1.82, 2.24) is 0 Å². The van der Waals surface area contributed by atoms with E-state index in [1.165, 1.54) is 0 Å². The van der Waals surface area contributed by atoms with E-state index in [9.17, 15) is 0 Å².